The molecule has 3 unspecified atom stereocenters. The lowest BCUT2D eigenvalue weighted by Gasteiger charge is -2.40. The number of hydrogen-bond acceptors (Lipinski definition) is 3. The van der Waals surface area contributed by atoms with Gasteiger partial charge in [-0.05, 0) is 36.0 Å². The van der Waals surface area contributed by atoms with Crippen molar-refractivity contribution in [1.29, 1.82) is 0 Å². The molecule has 19 heavy (non-hydrogen) atoms. The van der Waals surface area contributed by atoms with Gasteiger partial charge in [0.2, 0.25) is 0 Å². The van der Waals surface area contributed by atoms with E-state index in [-0.39, 0.29) is 11.8 Å². The predicted octanol–water partition coefficient (Wildman–Crippen LogP) is 2.70. The van der Waals surface area contributed by atoms with Crippen molar-refractivity contribution in [3.8, 4) is 5.75 Å². The van der Waals surface area contributed by atoms with E-state index in [1.165, 1.54) is 6.42 Å². The Morgan fingerprint density at radius 3 is 2.26 bits per heavy atom. The van der Waals surface area contributed by atoms with E-state index < -0.39 is 0 Å². The second-order valence-electron chi connectivity index (χ2n) is 5.80. The molecule has 3 N–H and O–H groups in total. The van der Waals surface area contributed by atoms with Gasteiger partial charge in [0.1, 0.15) is 5.75 Å². The molecule has 0 spiro atoms. The zero-order chi connectivity index (χ0) is 14.0. The molecule has 3 nitrogen and oxygen atoms in total. The molecule has 2 rings (SSSR count). The second kappa shape index (κ2) is 5.88. The quantitative estimate of drug-likeness (QED) is 0.835. The number of nitrogens with two attached hydrogens (primary N) is 1. The molecule has 1 aromatic carbocycles. The summed E-state index contributed by atoms with van der Waals surface area (Å²) < 4.78 is 0. The van der Waals surface area contributed by atoms with Crippen molar-refractivity contribution in [2.75, 3.05) is 13.1 Å². The van der Waals surface area contributed by atoms with Gasteiger partial charge in [-0.2, -0.15) is 0 Å². The highest BCUT2D eigenvalue weighted by Crippen LogP contribution is 2.30. The number of phenolic OH excluding ortho intramolecular Hbond substituents is 1. The van der Waals surface area contributed by atoms with Crippen molar-refractivity contribution in [1.82, 2.24) is 4.90 Å². The summed E-state index contributed by atoms with van der Waals surface area (Å²) in [5.41, 5.74) is 7.02. The van der Waals surface area contributed by atoms with Gasteiger partial charge in [0.05, 0.1) is 11.0 Å². The summed E-state index contributed by atoms with van der Waals surface area (Å²) in [6.45, 7) is 6.59. The third kappa shape index (κ3) is 3.45. The lowest BCUT2D eigenvalue weighted by molar-refractivity contribution is 0.122. The average molecular weight is 278 g/mol. The molecule has 0 aliphatic carbocycles. The van der Waals surface area contributed by atoms with E-state index in [0.717, 1.165) is 18.7 Å². The van der Waals surface area contributed by atoms with E-state index in [1.54, 1.807) is 12.1 Å². The smallest absolute Gasteiger partial charge is 0.115 e. The fourth-order valence-corrected chi connectivity index (χ4v) is 3.42. The Bertz CT molecular complexity index is 436. The largest absolute Gasteiger partial charge is 0.508 e. The molecule has 0 saturated carbocycles. The Hall–Kier alpha value is -1.13. The third-order valence-corrected chi connectivity index (χ3v) is 3.96. The molecular formula is C15H22N2OS. The summed E-state index contributed by atoms with van der Waals surface area (Å²) in [4.78, 5) is 2.88. The topological polar surface area (TPSA) is 49.5 Å². The normalized spacial score (nSPS) is 26.0. The minimum Gasteiger partial charge on any atom is -0.508 e. The van der Waals surface area contributed by atoms with E-state index in [2.05, 4.69) is 18.7 Å². The maximum absolute atomic E-state index is 9.39. The van der Waals surface area contributed by atoms with Gasteiger partial charge >= 0.3 is 0 Å². The van der Waals surface area contributed by atoms with Gasteiger partial charge in [0.15, 0.2) is 0 Å². The van der Waals surface area contributed by atoms with E-state index in [1.807, 2.05) is 12.1 Å². The molecule has 104 valence electrons. The van der Waals surface area contributed by atoms with Crippen molar-refractivity contribution in [3.63, 3.8) is 0 Å². The van der Waals surface area contributed by atoms with Crippen LogP contribution in [0.4, 0.5) is 0 Å². The summed E-state index contributed by atoms with van der Waals surface area (Å²) in [6.07, 6.45) is 1.26. The number of piperidine rings is 1. The van der Waals surface area contributed by atoms with Crippen LogP contribution >= 0.6 is 12.2 Å². The van der Waals surface area contributed by atoms with Gasteiger partial charge < -0.3 is 10.8 Å². The SMILES string of the molecule is CC1CC(C)CN(C(C(N)=S)c2ccc(O)cc2)C1. The monoisotopic (exact) mass is 278 g/mol. The highest BCUT2D eigenvalue weighted by molar-refractivity contribution is 7.80. The predicted molar refractivity (Wildman–Crippen MR) is 82.2 cm³/mol. The van der Waals surface area contributed by atoms with Crippen LogP contribution in [0, 0.1) is 11.8 Å². The second-order valence-corrected chi connectivity index (χ2v) is 6.27. The van der Waals surface area contributed by atoms with Gasteiger partial charge in [-0.15, -0.1) is 0 Å². The van der Waals surface area contributed by atoms with Crippen LogP contribution < -0.4 is 5.73 Å². The molecule has 1 aliphatic rings. The van der Waals surface area contributed by atoms with Crippen LogP contribution in [-0.2, 0) is 0 Å². The lowest BCUT2D eigenvalue weighted by Crippen LogP contribution is -2.45. The van der Waals surface area contributed by atoms with Gasteiger partial charge in [-0.25, -0.2) is 0 Å². The van der Waals surface area contributed by atoms with Crippen LogP contribution in [-0.4, -0.2) is 28.1 Å². The Morgan fingerprint density at radius 1 is 1.26 bits per heavy atom. The maximum atomic E-state index is 9.39. The molecule has 1 heterocycles. The first-order valence-corrected chi connectivity index (χ1v) is 7.20. The standard InChI is InChI=1S/C15H22N2OS/c1-10-7-11(2)9-17(8-10)14(15(16)19)12-3-5-13(18)6-4-12/h3-6,10-11,14,18H,7-9H2,1-2H3,(H2,16,19). The number of aromatic hydroxyl groups is 1. The fourth-order valence-electron chi connectivity index (χ4n) is 3.13. The molecule has 1 fully saturated rings. The third-order valence-electron chi connectivity index (χ3n) is 3.74. The van der Waals surface area contributed by atoms with Gasteiger partial charge in [0.25, 0.3) is 0 Å². The van der Waals surface area contributed by atoms with E-state index in [0.29, 0.717) is 16.8 Å². The lowest BCUT2D eigenvalue weighted by atomic mass is 9.89. The number of benzene rings is 1. The van der Waals surface area contributed by atoms with Crippen LogP contribution in [0.1, 0.15) is 31.9 Å². The summed E-state index contributed by atoms with van der Waals surface area (Å²) in [5.74, 6) is 1.60. The Labute approximate surface area is 120 Å². The van der Waals surface area contributed by atoms with Crippen molar-refractivity contribution in [2.24, 2.45) is 17.6 Å². The first-order chi connectivity index (χ1) is 8.97. The number of rotatable bonds is 3. The van der Waals surface area contributed by atoms with Crippen LogP contribution in [0.25, 0.3) is 0 Å². The van der Waals surface area contributed by atoms with Crippen molar-refractivity contribution < 1.29 is 5.11 Å². The van der Waals surface area contributed by atoms with Gasteiger partial charge in [0, 0.05) is 13.1 Å². The zero-order valence-electron chi connectivity index (χ0n) is 11.5. The molecular weight excluding hydrogens is 256 g/mol. The first kappa shape index (κ1) is 14.3. The summed E-state index contributed by atoms with van der Waals surface area (Å²) in [6, 6.07) is 7.17. The average Bonchev–Trinajstić information content (AvgIpc) is 2.30. The number of phenols is 1. The molecule has 1 saturated heterocycles. The molecule has 0 aromatic heterocycles. The Balaban J connectivity index is 2.24. The molecule has 4 heteroatoms. The van der Waals surface area contributed by atoms with Gasteiger partial charge in [-0.3, -0.25) is 4.90 Å². The highest BCUT2D eigenvalue weighted by atomic mass is 32.1. The zero-order valence-corrected chi connectivity index (χ0v) is 12.4. The maximum Gasteiger partial charge on any atom is 0.115 e. The number of nitrogens with zero attached hydrogens (tertiary/aromatic N) is 1. The van der Waals surface area contributed by atoms with E-state index in [4.69, 9.17) is 18.0 Å². The molecule has 0 bridgehead atoms. The molecule has 0 amide bonds. The minimum absolute atomic E-state index is 0.0270. The number of likely N-dealkylation sites (tertiary alicyclic amines) is 1. The van der Waals surface area contributed by atoms with E-state index in [9.17, 15) is 5.11 Å². The number of thiocarbonyl (C=S) groups is 1. The number of hydrogen-bond donors (Lipinski definition) is 2. The van der Waals surface area contributed by atoms with Crippen LogP contribution in [0.15, 0.2) is 24.3 Å². The van der Waals surface area contributed by atoms with Crippen LogP contribution in [0.5, 0.6) is 5.75 Å². The molecule has 1 aliphatic heterocycles. The molecule has 0 radical (unpaired) electrons. The van der Waals surface area contributed by atoms with E-state index >= 15 is 0 Å². The Kier molecular flexibility index (Phi) is 4.42. The van der Waals surface area contributed by atoms with Crippen molar-refractivity contribution in [2.45, 2.75) is 26.3 Å². The fraction of sp³-hybridized carbons (Fsp3) is 0.533. The first-order valence-electron chi connectivity index (χ1n) is 6.79. The summed E-state index contributed by atoms with van der Waals surface area (Å²) in [5, 5.41) is 9.39. The minimum atomic E-state index is -0.0270. The molecule has 1 aromatic rings. The highest BCUT2D eigenvalue weighted by Gasteiger charge is 2.29. The Morgan fingerprint density at radius 2 is 1.79 bits per heavy atom. The molecule has 3 atom stereocenters. The summed E-state index contributed by atoms with van der Waals surface area (Å²) in [7, 11) is 0. The van der Waals surface area contributed by atoms with Crippen molar-refractivity contribution >= 4 is 17.2 Å². The van der Waals surface area contributed by atoms with Crippen LogP contribution in [0.3, 0.4) is 0 Å². The van der Waals surface area contributed by atoms with Crippen LogP contribution in [0.2, 0.25) is 0 Å². The summed E-state index contributed by atoms with van der Waals surface area (Å²) >= 11 is 5.26. The van der Waals surface area contributed by atoms with Crippen molar-refractivity contribution in [3.05, 3.63) is 29.8 Å². The van der Waals surface area contributed by atoms with Gasteiger partial charge in [-0.1, -0.05) is 38.2 Å².